The number of carbonyl (C=O) groups excluding carboxylic acids is 2. The molecule has 1 aliphatic heterocycles. The average Bonchev–Trinajstić information content (AvgIpc) is 3.00. The summed E-state index contributed by atoms with van der Waals surface area (Å²) in [5.74, 6) is 0.741. The lowest BCUT2D eigenvalue weighted by Gasteiger charge is -2.35. The number of carbonyl (C=O) groups is 2. The number of anilines is 2. The van der Waals surface area contributed by atoms with Gasteiger partial charge in [0.05, 0.1) is 6.42 Å². The topological polar surface area (TPSA) is 91.6 Å². The maximum absolute atomic E-state index is 12.0. The Kier molecular flexibility index (Phi) is 4.97. The third-order valence-corrected chi connectivity index (χ3v) is 4.13. The van der Waals surface area contributed by atoms with Crippen LogP contribution in [0.15, 0.2) is 28.8 Å². The van der Waals surface area contributed by atoms with Gasteiger partial charge in [0.25, 0.3) is 0 Å². The van der Waals surface area contributed by atoms with E-state index in [0.29, 0.717) is 11.7 Å². The standard InChI is InChI=1S/C17H21N5O3/c1-12-18-16(20-25-12)11-17(24)19-14-3-5-15(6-4-14)22-9-7-21(8-10-22)13(2)23/h3-6H,7-11H2,1-2H3,(H,19,24). The molecule has 0 bridgehead atoms. The van der Waals surface area contributed by atoms with E-state index in [1.807, 2.05) is 29.2 Å². The van der Waals surface area contributed by atoms with Crippen LogP contribution in [0, 0.1) is 6.92 Å². The van der Waals surface area contributed by atoms with E-state index in [1.165, 1.54) is 0 Å². The third-order valence-electron chi connectivity index (χ3n) is 4.13. The number of nitrogens with zero attached hydrogens (tertiary/aromatic N) is 4. The number of hydrogen-bond donors (Lipinski definition) is 1. The zero-order valence-electron chi connectivity index (χ0n) is 14.4. The monoisotopic (exact) mass is 343 g/mol. The molecule has 0 radical (unpaired) electrons. The van der Waals surface area contributed by atoms with Gasteiger partial charge < -0.3 is 19.6 Å². The molecule has 0 spiro atoms. The molecule has 0 saturated carbocycles. The number of amides is 2. The van der Waals surface area contributed by atoms with Crippen LogP contribution in [-0.4, -0.2) is 53.0 Å². The highest BCUT2D eigenvalue weighted by molar-refractivity contribution is 5.92. The summed E-state index contributed by atoms with van der Waals surface area (Å²) in [6, 6.07) is 7.67. The Hall–Kier alpha value is -2.90. The summed E-state index contributed by atoms with van der Waals surface area (Å²) < 4.78 is 4.85. The summed E-state index contributed by atoms with van der Waals surface area (Å²) in [4.78, 5) is 31.5. The Morgan fingerprint density at radius 2 is 1.84 bits per heavy atom. The summed E-state index contributed by atoms with van der Waals surface area (Å²) in [7, 11) is 0. The van der Waals surface area contributed by atoms with Crippen molar-refractivity contribution in [3.05, 3.63) is 36.0 Å². The van der Waals surface area contributed by atoms with Gasteiger partial charge >= 0.3 is 0 Å². The molecule has 132 valence electrons. The summed E-state index contributed by atoms with van der Waals surface area (Å²) in [5.41, 5.74) is 1.80. The first-order chi connectivity index (χ1) is 12.0. The van der Waals surface area contributed by atoms with Gasteiger partial charge in [-0.1, -0.05) is 5.16 Å². The number of piperazine rings is 1. The number of aromatic nitrogens is 2. The minimum absolute atomic E-state index is 0.0755. The number of aryl methyl sites for hydroxylation is 1. The quantitative estimate of drug-likeness (QED) is 0.898. The summed E-state index contributed by atoms with van der Waals surface area (Å²) in [6.45, 7) is 6.37. The maximum atomic E-state index is 12.0. The molecule has 0 aliphatic carbocycles. The van der Waals surface area contributed by atoms with Gasteiger partial charge in [0.2, 0.25) is 17.7 Å². The van der Waals surface area contributed by atoms with Crippen molar-refractivity contribution in [1.82, 2.24) is 15.0 Å². The molecule has 1 saturated heterocycles. The lowest BCUT2D eigenvalue weighted by Crippen LogP contribution is -2.48. The van der Waals surface area contributed by atoms with Crippen LogP contribution in [0.1, 0.15) is 18.6 Å². The van der Waals surface area contributed by atoms with E-state index < -0.39 is 0 Å². The minimum atomic E-state index is -0.191. The van der Waals surface area contributed by atoms with E-state index >= 15 is 0 Å². The summed E-state index contributed by atoms with van der Waals surface area (Å²) >= 11 is 0. The van der Waals surface area contributed by atoms with Crippen LogP contribution < -0.4 is 10.2 Å². The molecule has 1 fully saturated rings. The first-order valence-corrected chi connectivity index (χ1v) is 8.21. The highest BCUT2D eigenvalue weighted by Crippen LogP contribution is 2.19. The first kappa shape index (κ1) is 16.9. The lowest BCUT2D eigenvalue weighted by molar-refractivity contribution is -0.129. The molecule has 8 heteroatoms. The van der Waals surface area contributed by atoms with Crippen molar-refractivity contribution in [1.29, 1.82) is 0 Å². The molecule has 0 atom stereocenters. The second-order valence-corrected chi connectivity index (χ2v) is 5.99. The van der Waals surface area contributed by atoms with E-state index in [4.69, 9.17) is 4.52 Å². The molecule has 3 rings (SSSR count). The smallest absolute Gasteiger partial charge is 0.232 e. The molecule has 25 heavy (non-hydrogen) atoms. The molecule has 0 unspecified atom stereocenters. The van der Waals surface area contributed by atoms with Crippen LogP contribution in [0.5, 0.6) is 0 Å². The number of rotatable bonds is 4. The van der Waals surface area contributed by atoms with Crippen LogP contribution >= 0.6 is 0 Å². The second-order valence-electron chi connectivity index (χ2n) is 5.99. The van der Waals surface area contributed by atoms with Crippen molar-refractivity contribution in [3.63, 3.8) is 0 Å². The van der Waals surface area contributed by atoms with Crippen molar-refractivity contribution in [3.8, 4) is 0 Å². The van der Waals surface area contributed by atoms with Crippen LogP contribution in [0.4, 0.5) is 11.4 Å². The fourth-order valence-corrected chi connectivity index (χ4v) is 2.80. The van der Waals surface area contributed by atoms with Crippen molar-refractivity contribution in [2.24, 2.45) is 0 Å². The predicted octanol–water partition coefficient (Wildman–Crippen LogP) is 1.23. The van der Waals surface area contributed by atoms with Gasteiger partial charge in [-0.3, -0.25) is 9.59 Å². The Bertz CT molecular complexity index is 748. The van der Waals surface area contributed by atoms with Gasteiger partial charge in [-0.15, -0.1) is 0 Å². The fourth-order valence-electron chi connectivity index (χ4n) is 2.80. The average molecular weight is 343 g/mol. The van der Waals surface area contributed by atoms with Gasteiger partial charge in [0.15, 0.2) is 5.82 Å². The zero-order valence-corrected chi connectivity index (χ0v) is 14.4. The molecule has 1 N–H and O–H groups in total. The SMILES string of the molecule is CC(=O)N1CCN(c2ccc(NC(=O)Cc3noc(C)n3)cc2)CC1. The molecule has 2 aromatic rings. The molecular weight excluding hydrogens is 322 g/mol. The van der Waals surface area contributed by atoms with Crippen LogP contribution in [0.25, 0.3) is 0 Å². The maximum Gasteiger partial charge on any atom is 0.232 e. The van der Waals surface area contributed by atoms with Gasteiger partial charge in [0.1, 0.15) is 0 Å². The van der Waals surface area contributed by atoms with Crippen molar-refractivity contribution in [2.75, 3.05) is 36.4 Å². The predicted molar refractivity (Wildman–Crippen MR) is 92.3 cm³/mol. The Balaban J connectivity index is 1.53. The second kappa shape index (κ2) is 7.33. The highest BCUT2D eigenvalue weighted by atomic mass is 16.5. The largest absolute Gasteiger partial charge is 0.368 e. The van der Waals surface area contributed by atoms with Crippen LogP contribution in [0.2, 0.25) is 0 Å². The van der Waals surface area contributed by atoms with Crippen molar-refractivity contribution in [2.45, 2.75) is 20.3 Å². The van der Waals surface area contributed by atoms with E-state index in [9.17, 15) is 9.59 Å². The third kappa shape index (κ3) is 4.34. The summed E-state index contributed by atoms with van der Waals surface area (Å²) in [6.07, 6.45) is 0.0755. The zero-order chi connectivity index (χ0) is 17.8. The summed E-state index contributed by atoms with van der Waals surface area (Å²) in [5, 5.41) is 6.53. The molecule has 1 aromatic heterocycles. The number of benzene rings is 1. The Morgan fingerprint density at radius 3 is 2.40 bits per heavy atom. The van der Waals surface area contributed by atoms with Gasteiger partial charge in [-0.2, -0.15) is 4.98 Å². The normalized spacial score (nSPS) is 14.5. The van der Waals surface area contributed by atoms with E-state index in [-0.39, 0.29) is 18.2 Å². The Morgan fingerprint density at radius 1 is 1.16 bits per heavy atom. The Labute approximate surface area is 145 Å². The molecular formula is C17H21N5O3. The molecule has 1 aliphatic rings. The van der Waals surface area contributed by atoms with Crippen molar-refractivity contribution < 1.29 is 14.1 Å². The molecule has 2 heterocycles. The van der Waals surface area contributed by atoms with E-state index in [0.717, 1.165) is 37.6 Å². The molecule has 8 nitrogen and oxygen atoms in total. The number of nitrogens with one attached hydrogen (secondary N) is 1. The van der Waals surface area contributed by atoms with Gasteiger partial charge in [0, 0.05) is 51.4 Å². The van der Waals surface area contributed by atoms with Gasteiger partial charge in [-0.05, 0) is 24.3 Å². The lowest BCUT2D eigenvalue weighted by atomic mass is 10.2. The first-order valence-electron chi connectivity index (χ1n) is 8.21. The number of hydrogen-bond acceptors (Lipinski definition) is 6. The minimum Gasteiger partial charge on any atom is -0.368 e. The van der Waals surface area contributed by atoms with E-state index in [2.05, 4.69) is 20.4 Å². The van der Waals surface area contributed by atoms with Crippen LogP contribution in [-0.2, 0) is 16.0 Å². The van der Waals surface area contributed by atoms with E-state index in [1.54, 1.807) is 13.8 Å². The van der Waals surface area contributed by atoms with Gasteiger partial charge in [-0.25, -0.2) is 0 Å². The highest BCUT2D eigenvalue weighted by Gasteiger charge is 2.18. The fraction of sp³-hybridized carbons (Fsp3) is 0.412. The molecule has 1 aromatic carbocycles. The van der Waals surface area contributed by atoms with Crippen molar-refractivity contribution >= 4 is 23.2 Å². The van der Waals surface area contributed by atoms with Crippen LogP contribution in [0.3, 0.4) is 0 Å². The molecule has 2 amide bonds.